The summed E-state index contributed by atoms with van der Waals surface area (Å²) in [5.41, 5.74) is 2.45. The van der Waals surface area contributed by atoms with E-state index in [1.807, 2.05) is 18.7 Å². The van der Waals surface area contributed by atoms with Crippen LogP contribution in [0.1, 0.15) is 85.0 Å². The van der Waals surface area contributed by atoms with Gasteiger partial charge in [0.2, 0.25) is 0 Å². The second kappa shape index (κ2) is 7.86. The molecule has 0 saturated heterocycles. The Morgan fingerprint density at radius 3 is 2.38 bits per heavy atom. The van der Waals surface area contributed by atoms with E-state index in [-0.39, 0.29) is 11.9 Å². The molecule has 0 aromatic carbocycles. The highest BCUT2D eigenvalue weighted by Crippen LogP contribution is 2.28. The van der Waals surface area contributed by atoms with Crippen LogP contribution in [0, 0.1) is 13.8 Å². The topological polar surface area (TPSA) is 62.4 Å². The fraction of sp³-hybridized carbons (Fsp3) is 0.684. The highest BCUT2D eigenvalue weighted by Gasteiger charge is 2.32. The molecule has 1 aliphatic rings. The first-order valence-electron chi connectivity index (χ1n) is 9.07. The molecule has 0 bridgehead atoms. The van der Waals surface area contributed by atoms with Crippen molar-refractivity contribution in [3.63, 3.8) is 0 Å². The summed E-state index contributed by atoms with van der Waals surface area (Å²) >= 11 is 0. The van der Waals surface area contributed by atoms with Crippen LogP contribution in [0.5, 0.6) is 0 Å². The van der Waals surface area contributed by atoms with E-state index < -0.39 is 5.97 Å². The highest BCUT2D eigenvalue weighted by molar-refractivity contribution is 6.01. The van der Waals surface area contributed by atoms with Gasteiger partial charge in [-0.05, 0) is 53.0 Å². The van der Waals surface area contributed by atoms with Crippen molar-refractivity contribution < 1.29 is 14.3 Å². The van der Waals surface area contributed by atoms with Crippen LogP contribution in [-0.4, -0.2) is 40.5 Å². The van der Waals surface area contributed by atoms with Crippen molar-refractivity contribution in [3.8, 4) is 0 Å². The van der Waals surface area contributed by atoms with Crippen molar-refractivity contribution >= 4 is 11.9 Å². The van der Waals surface area contributed by atoms with Crippen LogP contribution in [0.2, 0.25) is 0 Å². The largest absolute Gasteiger partial charge is 0.461 e. The fourth-order valence-corrected chi connectivity index (χ4v) is 3.79. The number of aromatic nitrogens is 1. The van der Waals surface area contributed by atoms with Gasteiger partial charge in [-0.25, -0.2) is 4.79 Å². The second-order valence-electron chi connectivity index (χ2n) is 6.94. The van der Waals surface area contributed by atoms with Gasteiger partial charge in [-0.3, -0.25) is 4.79 Å². The molecule has 1 aliphatic carbocycles. The monoisotopic (exact) mass is 334 g/mol. The first kappa shape index (κ1) is 18.6. The van der Waals surface area contributed by atoms with Gasteiger partial charge in [0.15, 0.2) is 0 Å². The summed E-state index contributed by atoms with van der Waals surface area (Å²) in [6, 6.07) is 0.436. The SMILES string of the molecule is CCOC(=O)c1[nH]c(C)c(C(=O)N(C(C)C)C2CCCCC2)c1C. The smallest absolute Gasteiger partial charge is 0.355 e. The summed E-state index contributed by atoms with van der Waals surface area (Å²) in [7, 11) is 0. The van der Waals surface area contributed by atoms with E-state index in [0.717, 1.165) is 18.5 Å². The van der Waals surface area contributed by atoms with E-state index in [1.54, 1.807) is 6.92 Å². The lowest BCUT2D eigenvalue weighted by atomic mass is 9.92. The molecule has 1 aromatic rings. The number of ether oxygens (including phenoxy) is 1. The summed E-state index contributed by atoms with van der Waals surface area (Å²) in [5, 5.41) is 0. The molecule has 1 amide bonds. The summed E-state index contributed by atoms with van der Waals surface area (Å²) in [6.07, 6.45) is 5.75. The van der Waals surface area contributed by atoms with Crippen LogP contribution in [0.25, 0.3) is 0 Å². The number of hydrogen-bond donors (Lipinski definition) is 1. The molecule has 1 saturated carbocycles. The van der Waals surface area contributed by atoms with Crippen molar-refractivity contribution in [1.82, 2.24) is 9.88 Å². The Morgan fingerprint density at radius 1 is 1.21 bits per heavy atom. The third-order valence-corrected chi connectivity index (χ3v) is 4.89. The molecule has 1 fully saturated rings. The Bertz CT molecular complexity index is 598. The van der Waals surface area contributed by atoms with E-state index in [1.165, 1.54) is 19.3 Å². The van der Waals surface area contributed by atoms with Gasteiger partial charge in [-0.1, -0.05) is 19.3 Å². The Kier molecular flexibility index (Phi) is 6.08. The maximum Gasteiger partial charge on any atom is 0.355 e. The number of hydrogen-bond acceptors (Lipinski definition) is 3. The van der Waals surface area contributed by atoms with E-state index in [9.17, 15) is 9.59 Å². The molecule has 1 heterocycles. The quantitative estimate of drug-likeness (QED) is 0.828. The number of aromatic amines is 1. The molecule has 134 valence electrons. The molecule has 0 aliphatic heterocycles. The molecule has 0 atom stereocenters. The van der Waals surface area contributed by atoms with E-state index in [0.29, 0.717) is 29.5 Å². The predicted octanol–water partition coefficient (Wildman–Crippen LogP) is 3.99. The van der Waals surface area contributed by atoms with Crippen LogP contribution in [0.3, 0.4) is 0 Å². The number of H-pyrrole nitrogens is 1. The van der Waals surface area contributed by atoms with E-state index in [2.05, 4.69) is 18.8 Å². The zero-order valence-corrected chi connectivity index (χ0v) is 15.6. The zero-order valence-electron chi connectivity index (χ0n) is 15.6. The first-order valence-corrected chi connectivity index (χ1v) is 9.07. The number of aryl methyl sites for hydroxylation is 1. The Hall–Kier alpha value is -1.78. The average molecular weight is 334 g/mol. The number of carbonyl (C=O) groups excluding carboxylic acids is 2. The van der Waals surface area contributed by atoms with E-state index >= 15 is 0 Å². The van der Waals surface area contributed by atoms with Crippen molar-refractivity contribution in [3.05, 3.63) is 22.5 Å². The maximum atomic E-state index is 13.3. The summed E-state index contributed by atoms with van der Waals surface area (Å²) in [4.78, 5) is 30.4. The second-order valence-corrected chi connectivity index (χ2v) is 6.94. The van der Waals surface area contributed by atoms with Gasteiger partial charge < -0.3 is 14.6 Å². The number of amides is 1. The molecule has 2 rings (SSSR count). The summed E-state index contributed by atoms with van der Waals surface area (Å²) in [6.45, 7) is 9.90. The van der Waals surface area contributed by atoms with Crippen LogP contribution >= 0.6 is 0 Å². The minimum absolute atomic E-state index is 0.0266. The van der Waals surface area contributed by atoms with Crippen LogP contribution < -0.4 is 0 Å². The number of carbonyl (C=O) groups is 2. The molecule has 5 heteroatoms. The number of nitrogens with one attached hydrogen (secondary N) is 1. The predicted molar refractivity (Wildman–Crippen MR) is 94.4 cm³/mol. The lowest BCUT2D eigenvalue weighted by molar-refractivity contribution is 0.0519. The summed E-state index contributed by atoms with van der Waals surface area (Å²) in [5.74, 6) is -0.371. The van der Waals surface area contributed by atoms with Crippen molar-refractivity contribution in [2.75, 3.05) is 6.61 Å². The van der Waals surface area contributed by atoms with Crippen molar-refractivity contribution in [2.45, 2.75) is 78.8 Å². The van der Waals surface area contributed by atoms with E-state index in [4.69, 9.17) is 4.74 Å². The highest BCUT2D eigenvalue weighted by atomic mass is 16.5. The zero-order chi connectivity index (χ0) is 17.9. The molecule has 0 unspecified atom stereocenters. The van der Waals surface area contributed by atoms with Crippen LogP contribution in [0.4, 0.5) is 0 Å². The molecule has 0 spiro atoms. The average Bonchev–Trinajstić information content (AvgIpc) is 2.83. The van der Waals surface area contributed by atoms with Crippen molar-refractivity contribution in [2.24, 2.45) is 0 Å². The standard InChI is InChI=1S/C19H30N2O3/c1-6-24-19(23)17-13(4)16(14(5)20-17)18(22)21(12(2)3)15-10-8-7-9-11-15/h12,15,20H,6-11H2,1-5H3. The summed E-state index contributed by atoms with van der Waals surface area (Å²) < 4.78 is 5.09. The molecule has 1 aromatic heterocycles. The van der Waals surface area contributed by atoms with Gasteiger partial charge in [-0.2, -0.15) is 0 Å². The normalized spacial score (nSPS) is 15.6. The minimum atomic E-state index is -0.397. The third-order valence-electron chi connectivity index (χ3n) is 4.89. The molecular weight excluding hydrogens is 304 g/mol. The maximum absolute atomic E-state index is 13.3. The lowest BCUT2D eigenvalue weighted by Crippen LogP contribution is -2.46. The number of esters is 1. The molecule has 24 heavy (non-hydrogen) atoms. The van der Waals surface area contributed by atoms with Gasteiger partial charge >= 0.3 is 5.97 Å². The third kappa shape index (κ3) is 3.65. The molecule has 5 nitrogen and oxygen atoms in total. The minimum Gasteiger partial charge on any atom is -0.461 e. The van der Waals surface area contributed by atoms with Crippen LogP contribution in [0.15, 0.2) is 0 Å². The van der Waals surface area contributed by atoms with Gasteiger partial charge in [0.25, 0.3) is 5.91 Å². The molecule has 0 radical (unpaired) electrons. The Morgan fingerprint density at radius 2 is 1.83 bits per heavy atom. The Labute approximate surface area is 144 Å². The van der Waals surface area contributed by atoms with Crippen molar-refractivity contribution in [1.29, 1.82) is 0 Å². The fourth-order valence-electron chi connectivity index (χ4n) is 3.79. The lowest BCUT2D eigenvalue weighted by Gasteiger charge is -2.37. The van der Waals surface area contributed by atoms with Gasteiger partial charge in [0, 0.05) is 17.8 Å². The Balaban J connectivity index is 2.34. The molecule has 1 N–H and O–H groups in total. The molecular formula is C19H30N2O3. The van der Waals surface area contributed by atoms with Crippen LogP contribution in [-0.2, 0) is 4.74 Å². The van der Waals surface area contributed by atoms with Gasteiger partial charge in [0.05, 0.1) is 12.2 Å². The first-order chi connectivity index (χ1) is 11.4. The van der Waals surface area contributed by atoms with Gasteiger partial charge in [-0.15, -0.1) is 0 Å². The number of rotatable bonds is 5. The number of nitrogens with zero attached hydrogens (tertiary/aromatic N) is 1. The van der Waals surface area contributed by atoms with Gasteiger partial charge in [0.1, 0.15) is 5.69 Å².